The van der Waals surface area contributed by atoms with Crippen molar-refractivity contribution in [2.24, 2.45) is 4.99 Å². The lowest BCUT2D eigenvalue weighted by molar-refractivity contribution is 0.232. The number of ether oxygens (including phenoxy) is 1. The molecule has 0 aliphatic carbocycles. The molecule has 6 heteroatoms. The van der Waals surface area contributed by atoms with Gasteiger partial charge in [0.1, 0.15) is 5.82 Å². The normalized spacial score (nSPS) is 18.5. The molecule has 0 N–H and O–H groups in total. The number of hydrogen-bond acceptors (Lipinski definition) is 6. The molecule has 0 radical (unpaired) electrons. The third kappa shape index (κ3) is 4.13. The number of anilines is 1. The molecule has 0 bridgehead atoms. The number of hydrogen-bond donors (Lipinski definition) is 0. The molecule has 0 spiro atoms. The van der Waals surface area contributed by atoms with Crippen molar-refractivity contribution in [2.45, 2.75) is 52.8 Å². The Balaban J connectivity index is 1.55. The second kappa shape index (κ2) is 8.49. The van der Waals surface area contributed by atoms with E-state index in [0.29, 0.717) is 18.5 Å². The lowest BCUT2D eigenvalue weighted by Crippen LogP contribution is -2.37. The Morgan fingerprint density at radius 3 is 2.79 bits per heavy atom. The Hall–Kier alpha value is -2.47. The van der Waals surface area contributed by atoms with Crippen molar-refractivity contribution in [3.63, 3.8) is 0 Å². The van der Waals surface area contributed by atoms with Gasteiger partial charge in [-0.3, -0.25) is 9.89 Å². The van der Waals surface area contributed by atoms with Crippen LogP contribution >= 0.6 is 0 Å². The second-order valence-corrected chi connectivity index (χ2v) is 8.02. The zero-order valence-electron chi connectivity index (χ0n) is 17.9. The van der Waals surface area contributed by atoms with Crippen LogP contribution in [0.3, 0.4) is 0 Å². The Bertz CT molecular complexity index is 891. The van der Waals surface area contributed by atoms with Gasteiger partial charge in [0.2, 0.25) is 5.88 Å². The minimum atomic E-state index is 0.101. The van der Waals surface area contributed by atoms with Crippen LogP contribution in [-0.4, -0.2) is 58.9 Å². The first kappa shape index (κ1) is 19.8. The third-order valence-corrected chi connectivity index (χ3v) is 5.82. The molecule has 1 unspecified atom stereocenters. The van der Waals surface area contributed by atoms with Crippen molar-refractivity contribution in [3.05, 3.63) is 47.3 Å². The van der Waals surface area contributed by atoms with Gasteiger partial charge in [-0.25, -0.2) is 9.97 Å². The van der Waals surface area contributed by atoms with Crippen LogP contribution in [0.5, 0.6) is 5.88 Å². The molecule has 0 saturated carbocycles. The summed E-state index contributed by atoms with van der Waals surface area (Å²) < 4.78 is 5.79. The molecule has 1 fully saturated rings. The summed E-state index contributed by atoms with van der Waals surface area (Å²) >= 11 is 0. The van der Waals surface area contributed by atoms with Crippen molar-refractivity contribution >= 4 is 11.5 Å². The average Bonchev–Trinajstić information content (AvgIpc) is 3.36. The van der Waals surface area contributed by atoms with Crippen molar-refractivity contribution in [1.82, 2.24) is 14.9 Å². The quantitative estimate of drug-likeness (QED) is 0.720. The Morgan fingerprint density at radius 1 is 1.21 bits per heavy atom. The summed E-state index contributed by atoms with van der Waals surface area (Å²) in [5, 5.41) is 0. The molecule has 1 saturated heterocycles. The zero-order chi connectivity index (χ0) is 20.4. The molecule has 154 valence electrons. The summed E-state index contributed by atoms with van der Waals surface area (Å²) in [7, 11) is 0. The average molecular weight is 394 g/mol. The number of likely N-dealkylation sites (N-methyl/N-ethyl adjacent to an activating group) is 1. The van der Waals surface area contributed by atoms with Crippen LogP contribution in [0, 0.1) is 0 Å². The first-order chi connectivity index (χ1) is 14.1. The number of aliphatic imine (C=N–C) groups is 1. The highest BCUT2D eigenvalue weighted by atomic mass is 16.5. The van der Waals surface area contributed by atoms with E-state index in [1.165, 1.54) is 6.42 Å². The van der Waals surface area contributed by atoms with Gasteiger partial charge in [-0.2, -0.15) is 0 Å². The maximum absolute atomic E-state index is 5.79. The second-order valence-electron chi connectivity index (χ2n) is 8.02. The van der Waals surface area contributed by atoms with Crippen LogP contribution < -0.4 is 9.64 Å². The molecule has 2 aliphatic rings. The predicted octanol–water partition coefficient (Wildman–Crippen LogP) is 3.54. The monoisotopic (exact) mass is 393 g/mol. The molecule has 6 nitrogen and oxygen atoms in total. The van der Waals surface area contributed by atoms with Gasteiger partial charge in [0.05, 0.1) is 18.4 Å². The van der Waals surface area contributed by atoms with Crippen LogP contribution in [0.1, 0.15) is 50.8 Å². The fourth-order valence-corrected chi connectivity index (χ4v) is 4.34. The van der Waals surface area contributed by atoms with E-state index in [9.17, 15) is 0 Å². The molecule has 4 heterocycles. The minimum Gasteiger partial charge on any atom is -0.475 e. The lowest BCUT2D eigenvalue weighted by atomic mass is 10.0. The van der Waals surface area contributed by atoms with Crippen LogP contribution in [0.25, 0.3) is 0 Å². The van der Waals surface area contributed by atoms with Crippen LogP contribution in [0.15, 0.2) is 35.6 Å². The zero-order valence-corrected chi connectivity index (χ0v) is 17.9. The van der Waals surface area contributed by atoms with E-state index >= 15 is 0 Å². The molecule has 2 aromatic heterocycles. The molecular weight excluding hydrogens is 362 g/mol. The molecular formula is C23H31N5O. The van der Waals surface area contributed by atoms with Gasteiger partial charge < -0.3 is 9.64 Å². The smallest absolute Gasteiger partial charge is 0.214 e. The largest absolute Gasteiger partial charge is 0.475 e. The molecule has 0 amide bonds. The minimum absolute atomic E-state index is 0.101. The maximum Gasteiger partial charge on any atom is 0.214 e. The highest BCUT2D eigenvalue weighted by molar-refractivity contribution is 6.15. The van der Waals surface area contributed by atoms with Gasteiger partial charge in [0.15, 0.2) is 0 Å². The maximum atomic E-state index is 5.79. The van der Waals surface area contributed by atoms with Gasteiger partial charge >= 0.3 is 0 Å². The summed E-state index contributed by atoms with van der Waals surface area (Å²) in [5.41, 5.74) is 4.40. The van der Waals surface area contributed by atoms with Gasteiger partial charge in [-0.15, -0.1) is 0 Å². The Morgan fingerprint density at radius 2 is 2.03 bits per heavy atom. The number of nitrogens with zero attached hydrogens (tertiary/aromatic N) is 5. The fraction of sp³-hybridized carbons (Fsp3) is 0.522. The molecule has 29 heavy (non-hydrogen) atoms. The number of pyridine rings is 2. The fourth-order valence-electron chi connectivity index (χ4n) is 4.34. The van der Waals surface area contributed by atoms with Gasteiger partial charge in [0.25, 0.3) is 0 Å². The van der Waals surface area contributed by atoms with Crippen molar-refractivity contribution in [2.75, 3.05) is 31.1 Å². The van der Waals surface area contributed by atoms with E-state index in [1.54, 1.807) is 0 Å². The molecule has 0 aromatic carbocycles. The Kier molecular flexibility index (Phi) is 5.81. The van der Waals surface area contributed by atoms with Gasteiger partial charge in [-0.05, 0) is 45.5 Å². The lowest BCUT2D eigenvalue weighted by Gasteiger charge is -2.26. The van der Waals surface area contributed by atoms with E-state index in [2.05, 4.69) is 45.7 Å². The van der Waals surface area contributed by atoms with E-state index in [-0.39, 0.29) is 6.10 Å². The SMILES string of the molecule is CCN(CC)C1CCN(c2cc(C3=NCc4cnc(OC(C)C)cc43)ccn2)C1. The van der Waals surface area contributed by atoms with E-state index in [0.717, 1.165) is 54.4 Å². The van der Waals surface area contributed by atoms with Crippen LogP contribution in [-0.2, 0) is 6.54 Å². The van der Waals surface area contributed by atoms with Gasteiger partial charge in [0, 0.05) is 54.3 Å². The number of fused-ring (bicyclic) bond motifs is 1. The van der Waals surface area contributed by atoms with E-state index < -0.39 is 0 Å². The van der Waals surface area contributed by atoms with E-state index in [4.69, 9.17) is 9.73 Å². The van der Waals surface area contributed by atoms with Crippen LogP contribution in [0.4, 0.5) is 5.82 Å². The topological polar surface area (TPSA) is 53.9 Å². The van der Waals surface area contributed by atoms with Crippen molar-refractivity contribution in [1.29, 1.82) is 0 Å². The summed E-state index contributed by atoms with van der Waals surface area (Å²) in [6, 6.07) is 6.87. The Labute approximate surface area is 173 Å². The highest BCUT2D eigenvalue weighted by Gasteiger charge is 2.27. The molecule has 2 aliphatic heterocycles. The number of rotatable bonds is 7. The summed E-state index contributed by atoms with van der Waals surface area (Å²) in [6.07, 6.45) is 5.09. The standard InChI is InChI=1S/C23H31N5O/c1-5-27(6-2)19-8-10-28(15-19)21-11-17(7-9-24-21)23-20-12-22(29-16(3)4)25-13-18(20)14-26-23/h7,9,11-13,16,19H,5-6,8,10,14-15H2,1-4H3. The summed E-state index contributed by atoms with van der Waals surface area (Å²) in [6.45, 7) is 13.5. The molecule has 4 rings (SSSR count). The summed E-state index contributed by atoms with van der Waals surface area (Å²) in [5.74, 6) is 1.70. The van der Waals surface area contributed by atoms with Crippen LogP contribution in [0.2, 0.25) is 0 Å². The summed E-state index contributed by atoms with van der Waals surface area (Å²) in [4.78, 5) is 18.8. The van der Waals surface area contributed by atoms with E-state index in [1.807, 2.05) is 32.3 Å². The van der Waals surface area contributed by atoms with Crippen molar-refractivity contribution < 1.29 is 4.74 Å². The molecule has 2 aromatic rings. The number of aromatic nitrogens is 2. The first-order valence-electron chi connectivity index (χ1n) is 10.7. The first-order valence-corrected chi connectivity index (χ1v) is 10.7. The third-order valence-electron chi connectivity index (χ3n) is 5.82. The van der Waals surface area contributed by atoms with Crippen molar-refractivity contribution in [3.8, 4) is 5.88 Å². The predicted molar refractivity (Wildman–Crippen MR) is 117 cm³/mol. The van der Waals surface area contributed by atoms with Gasteiger partial charge in [-0.1, -0.05) is 13.8 Å². The molecule has 1 atom stereocenters. The highest BCUT2D eigenvalue weighted by Crippen LogP contribution is 2.28.